The van der Waals surface area contributed by atoms with Crippen LogP contribution in [-0.2, 0) is 16.0 Å². The number of likely N-dealkylation sites (tertiary alicyclic amines) is 1. The van der Waals surface area contributed by atoms with Crippen molar-refractivity contribution < 1.29 is 19.1 Å². The highest BCUT2D eigenvalue weighted by Crippen LogP contribution is 2.48. The summed E-state index contributed by atoms with van der Waals surface area (Å²) in [5.41, 5.74) is 2.77. The smallest absolute Gasteiger partial charge is 0.410 e. The first-order valence-corrected chi connectivity index (χ1v) is 13.7. The molecule has 2 aliphatic heterocycles. The molecule has 1 aliphatic carbocycles. The second-order valence-electron chi connectivity index (χ2n) is 11.9. The minimum atomic E-state index is -0.463. The number of urea groups is 1. The molecule has 4 heterocycles. The number of carbonyl (C=O) groups is 3. The number of anilines is 1. The van der Waals surface area contributed by atoms with Crippen molar-refractivity contribution in [3.8, 4) is 0 Å². The van der Waals surface area contributed by atoms with E-state index in [9.17, 15) is 14.4 Å². The monoisotopic (exact) mass is 509 g/mol. The van der Waals surface area contributed by atoms with E-state index >= 15 is 0 Å². The van der Waals surface area contributed by atoms with Gasteiger partial charge in [-0.05, 0) is 82.8 Å². The van der Waals surface area contributed by atoms with Gasteiger partial charge in [0.2, 0.25) is 5.91 Å². The molecule has 2 aromatic rings. The van der Waals surface area contributed by atoms with Crippen LogP contribution in [0.2, 0.25) is 0 Å². The number of imide groups is 1. The van der Waals surface area contributed by atoms with Crippen LogP contribution in [0.15, 0.2) is 18.5 Å². The van der Waals surface area contributed by atoms with E-state index in [1.165, 1.54) is 5.56 Å². The van der Waals surface area contributed by atoms with E-state index in [-0.39, 0.29) is 18.0 Å². The van der Waals surface area contributed by atoms with Crippen LogP contribution >= 0.6 is 0 Å². The number of piperidine rings is 1. The van der Waals surface area contributed by atoms with E-state index in [0.29, 0.717) is 24.4 Å². The summed E-state index contributed by atoms with van der Waals surface area (Å²) in [6.45, 7) is 9.79. The Hall–Kier alpha value is -3.10. The Morgan fingerprint density at radius 2 is 1.84 bits per heavy atom. The number of ether oxygens (including phenoxy) is 1. The first-order chi connectivity index (χ1) is 17.6. The SMILES string of the molecule is CCc1cn(C2CCC3(CC2)CCN(C(=O)OC(C)(C)C)CC3)c2ncc(N3CCC(=O)NC3=O)cc12. The van der Waals surface area contributed by atoms with E-state index in [2.05, 4.69) is 23.0 Å². The largest absolute Gasteiger partial charge is 0.444 e. The Bertz CT molecular complexity index is 1200. The lowest BCUT2D eigenvalue weighted by Gasteiger charge is -2.46. The van der Waals surface area contributed by atoms with Crippen LogP contribution < -0.4 is 10.2 Å². The number of aryl methyl sites for hydroxylation is 1. The van der Waals surface area contributed by atoms with Gasteiger partial charge >= 0.3 is 12.1 Å². The topological polar surface area (TPSA) is 96.8 Å². The minimum absolute atomic E-state index is 0.194. The lowest BCUT2D eigenvalue weighted by atomic mass is 9.67. The van der Waals surface area contributed by atoms with Crippen LogP contribution in [0.25, 0.3) is 11.0 Å². The van der Waals surface area contributed by atoms with Crippen molar-refractivity contribution in [1.82, 2.24) is 19.8 Å². The maximum Gasteiger partial charge on any atom is 0.410 e. The van der Waals surface area contributed by atoms with Crippen molar-refractivity contribution in [1.29, 1.82) is 0 Å². The molecular weight excluding hydrogens is 470 g/mol. The van der Waals surface area contributed by atoms with Crippen LogP contribution in [0.3, 0.4) is 0 Å². The van der Waals surface area contributed by atoms with Gasteiger partial charge in [0, 0.05) is 43.7 Å². The summed E-state index contributed by atoms with van der Waals surface area (Å²) >= 11 is 0. The average molecular weight is 510 g/mol. The summed E-state index contributed by atoms with van der Waals surface area (Å²) in [4.78, 5) is 44.7. The predicted octanol–water partition coefficient (Wildman–Crippen LogP) is 5.18. The normalized spacial score (nSPS) is 21.0. The number of nitrogens with zero attached hydrogens (tertiary/aromatic N) is 4. The zero-order valence-corrected chi connectivity index (χ0v) is 22.5. The quantitative estimate of drug-likeness (QED) is 0.615. The fourth-order valence-corrected chi connectivity index (χ4v) is 6.19. The maximum absolute atomic E-state index is 12.5. The first kappa shape index (κ1) is 25.5. The third-order valence-electron chi connectivity index (χ3n) is 8.37. The molecule has 1 saturated carbocycles. The predicted molar refractivity (Wildman–Crippen MR) is 142 cm³/mol. The molecular formula is C28H39N5O4. The van der Waals surface area contributed by atoms with Crippen molar-refractivity contribution >= 4 is 34.8 Å². The molecule has 200 valence electrons. The number of nitrogens with one attached hydrogen (secondary N) is 1. The van der Waals surface area contributed by atoms with Crippen LogP contribution in [0.5, 0.6) is 0 Å². The molecule has 5 rings (SSSR count). The van der Waals surface area contributed by atoms with Gasteiger partial charge in [-0.3, -0.25) is 15.0 Å². The Kier molecular flexibility index (Phi) is 6.66. The molecule has 1 N–H and O–H groups in total. The van der Waals surface area contributed by atoms with Gasteiger partial charge in [-0.1, -0.05) is 6.92 Å². The lowest BCUT2D eigenvalue weighted by molar-refractivity contribution is -0.120. The number of aromatic nitrogens is 2. The number of hydrogen-bond acceptors (Lipinski definition) is 5. The number of amides is 4. The third kappa shape index (κ3) is 5.18. The van der Waals surface area contributed by atoms with E-state index in [1.54, 1.807) is 11.1 Å². The molecule has 3 fully saturated rings. The standard InChI is InChI=1S/C28H39N5O4/c1-5-19-18-33(24-22(19)16-21(17-29-24)32-13-8-23(34)30-25(32)35)20-6-9-28(10-7-20)11-14-31(15-12-28)26(36)37-27(2,3)4/h16-18,20H,5-15H2,1-4H3,(H,30,34,35). The Labute approximate surface area is 218 Å². The highest BCUT2D eigenvalue weighted by Gasteiger charge is 2.40. The van der Waals surface area contributed by atoms with Crippen LogP contribution in [-0.4, -0.2) is 57.7 Å². The fraction of sp³-hybridized carbons (Fsp3) is 0.643. The van der Waals surface area contributed by atoms with Gasteiger partial charge in [0.15, 0.2) is 0 Å². The zero-order chi connectivity index (χ0) is 26.4. The molecule has 0 unspecified atom stereocenters. The van der Waals surface area contributed by atoms with E-state index in [4.69, 9.17) is 9.72 Å². The molecule has 0 radical (unpaired) electrons. The van der Waals surface area contributed by atoms with Crippen molar-refractivity contribution in [3.63, 3.8) is 0 Å². The maximum atomic E-state index is 12.5. The summed E-state index contributed by atoms with van der Waals surface area (Å²) < 4.78 is 7.92. The molecule has 0 aromatic carbocycles. The fourth-order valence-electron chi connectivity index (χ4n) is 6.19. The second kappa shape index (κ2) is 9.65. The average Bonchev–Trinajstić information content (AvgIpc) is 3.22. The van der Waals surface area contributed by atoms with Crippen molar-refractivity contribution in [2.75, 3.05) is 24.5 Å². The minimum Gasteiger partial charge on any atom is -0.444 e. The van der Waals surface area contributed by atoms with Gasteiger partial charge in [-0.2, -0.15) is 0 Å². The van der Waals surface area contributed by atoms with Gasteiger partial charge in [0.25, 0.3) is 0 Å². The molecule has 1 spiro atoms. The zero-order valence-electron chi connectivity index (χ0n) is 22.5. The number of pyridine rings is 1. The van der Waals surface area contributed by atoms with Gasteiger partial charge < -0.3 is 14.2 Å². The molecule has 37 heavy (non-hydrogen) atoms. The molecule has 9 nitrogen and oxygen atoms in total. The highest BCUT2D eigenvalue weighted by atomic mass is 16.6. The second-order valence-corrected chi connectivity index (χ2v) is 11.9. The van der Waals surface area contributed by atoms with Crippen LogP contribution in [0, 0.1) is 5.41 Å². The number of carbonyl (C=O) groups excluding carboxylic acids is 3. The Morgan fingerprint density at radius 3 is 2.46 bits per heavy atom. The number of rotatable bonds is 3. The number of fused-ring (bicyclic) bond motifs is 1. The first-order valence-electron chi connectivity index (χ1n) is 13.7. The van der Waals surface area contributed by atoms with Crippen LogP contribution in [0.4, 0.5) is 15.3 Å². The molecule has 9 heteroatoms. The van der Waals surface area contributed by atoms with E-state index < -0.39 is 5.60 Å². The summed E-state index contributed by atoms with van der Waals surface area (Å²) in [5, 5.41) is 3.47. The van der Waals surface area contributed by atoms with E-state index in [1.807, 2.05) is 31.7 Å². The van der Waals surface area contributed by atoms with Crippen molar-refractivity contribution in [3.05, 3.63) is 24.0 Å². The molecule has 4 amide bonds. The van der Waals surface area contributed by atoms with E-state index in [0.717, 1.165) is 74.8 Å². The lowest BCUT2D eigenvalue weighted by Crippen LogP contribution is -2.49. The van der Waals surface area contributed by atoms with Gasteiger partial charge in [0.05, 0.1) is 11.9 Å². The third-order valence-corrected chi connectivity index (χ3v) is 8.37. The van der Waals surface area contributed by atoms with Gasteiger partial charge in [0.1, 0.15) is 11.2 Å². The van der Waals surface area contributed by atoms with Gasteiger partial charge in [-0.25, -0.2) is 14.6 Å². The summed E-state index contributed by atoms with van der Waals surface area (Å²) in [6, 6.07) is 2.06. The Morgan fingerprint density at radius 1 is 1.14 bits per heavy atom. The van der Waals surface area contributed by atoms with Crippen molar-refractivity contribution in [2.24, 2.45) is 5.41 Å². The molecule has 2 aromatic heterocycles. The van der Waals surface area contributed by atoms with Gasteiger partial charge in [-0.15, -0.1) is 0 Å². The Balaban J connectivity index is 1.27. The highest BCUT2D eigenvalue weighted by molar-refractivity contribution is 6.06. The summed E-state index contributed by atoms with van der Waals surface area (Å²) in [5.74, 6) is -0.235. The summed E-state index contributed by atoms with van der Waals surface area (Å²) in [7, 11) is 0. The molecule has 2 saturated heterocycles. The van der Waals surface area contributed by atoms with Crippen LogP contribution in [0.1, 0.15) is 84.2 Å². The number of hydrogen-bond donors (Lipinski definition) is 1. The summed E-state index contributed by atoms with van der Waals surface area (Å²) in [6.07, 6.45) is 11.6. The molecule has 3 aliphatic rings. The molecule has 0 atom stereocenters. The molecule has 0 bridgehead atoms. The van der Waals surface area contributed by atoms with Crippen molar-refractivity contribution in [2.45, 2.75) is 90.7 Å².